The molecule has 1 atom stereocenters. The molecule has 1 unspecified atom stereocenters. The van der Waals surface area contributed by atoms with Crippen LogP contribution in [0, 0.1) is 0 Å². The Labute approximate surface area is 105 Å². The minimum atomic E-state index is -0.349. The Balaban J connectivity index is 1.92. The van der Waals surface area contributed by atoms with Gasteiger partial charge < -0.3 is 16.0 Å². The van der Waals surface area contributed by atoms with Crippen molar-refractivity contribution in [2.45, 2.75) is 25.4 Å². The SMILES string of the molecule is Nc1cccc2c1CN(C1CCCNC1=O)C2=O. The minimum absolute atomic E-state index is 0.0547. The highest BCUT2D eigenvalue weighted by Gasteiger charge is 2.37. The summed E-state index contributed by atoms with van der Waals surface area (Å²) in [6, 6.07) is 4.99. The molecule has 2 heterocycles. The smallest absolute Gasteiger partial charge is 0.255 e. The van der Waals surface area contributed by atoms with Crippen molar-refractivity contribution >= 4 is 17.5 Å². The predicted octanol–water partition coefficient (Wildman–Crippen LogP) is 0.503. The maximum atomic E-state index is 12.3. The quantitative estimate of drug-likeness (QED) is 0.708. The molecule has 1 fully saturated rings. The number of hydrogen-bond donors (Lipinski definition) is 2. The van der Waals surface area contributed by atoms with Gasteiger partial charge in [-0.1, -0.05) is 6.07 Å². The van der Waals surface area contributed by atoms with Crippen LogP contribution < -0.4 is 11.1 Å². The molecule has 2 amide bonds. The van der Waals surface area contributed by atoms with Crippen molar-refractivity contribution in [3.8, 4) is 0 Å². The molecule has 1 aromatic carbocycles. The number of hydrogen-bond acceptors (Lipinski definition) is 3. The average molecular weight is 245 g/mol. The van der Waals surface area contributed by atoms with Gasteiger partial charge in [0, 0.05) is 29.9 Å². The fraction of sp³-hybridized carbons (Fsp3) is 0.385. The lowest BCUT2D eigenvalue weighted by atomic mass is 10.1. The van der Waals surface area contributed by atoms with E-state index in [0.29, 0.717) is 24.3 Å². The molecular formula is C13H15N3O2. The Morgan fingerprint density at radius 1 is 1.33 bits per heavy atom. The van der Waals surface area contributed by atoms with Crippen molar-refractivity contribution in [3.63, 3.8) is 0 Å². The fourth-order valence-electron chi connectivity index (χ4n) is 2.68. The van der Waals surface area contributed by atoms with E-state index < -0.39 is 0 Å². The van der Waals surface area contributed by atoms with E-state index in [-0.39, 0.29) is 17.9 Å². The molecule has 5 heteroatoms. The highest BCUT2D eigenvalue weighted by atomic mass is 16.2. The lowest BCUT2D eigenvalue weighted by molar-refractivity contribution is -0.127. The topological polar surface area (TPSA) is 75.4 Å². The Kier molecular flexibility index (Phi) is 2.47. The van der Waals surface area contributed by atoms with Crippen LogP contribution in [0.4, 0.5) is 5.69 Å². The summed E-state index contributed by atoms with van der Waals surface area (Å²) in [6.45, 7) is 1.14. The first-order chi connectivity index (χ1) is 8.68. The molecule has 2 aliphatic rings. The Morgan fingerprint density at radius 2 is 2.17 bits per heavy atom. The number of carbonyl (C=O) groups excluding carboxylic acids is 2. The number of rotatable bonds is 1. The van der Waals surface area contributed by atoms with Crippen LogP contribution in [-0.4, -0.2) is 29.3 Å². The van der Waals surface area contributed by atoms with Gasteiger partial charge in [-0.2, -0.15) is 0 Å². The van der Waals surface area contributed by atoms with Crippen LogP contribution in [0.15, 0.2) is 18.2 Å². The van der Waals surface area contributed by atoms with Gasteiger partial charge in [-0.3, -0.25) is 9.59 Å². The van der Waals surface area contributed by atoms with Crippen molar-refractivity contribution in [2.75, 3.05) is 12.3 Å². The molecule has 0 spiro atoms. The number of piperidine rings is 1. The lowest BCUT2D eigenvalue weighted by Crippen LogP contribution is -2.50. The molecule has 0 saturated carbocycles. The van der Waals surface area contributed by atoms with E-state index >= 15 is 0 Å². The molecule has 0 aromatic heterocycles. The first-order valence-electron chi connectivity index (χ1n) is 6.14. The van der Waals surface area contributed by atoms with Gasteiger partial charge in [0.05, 0.1) is 0 Å². The summed E-state index contributed by atoms with van der Waals surface area (Å²) in [7, 11) is 0. The maximum Gasteiger partial charge on any atom is 0.255 e. The predicted molar refractivity (Wildman–Crippen MR) is 66.8 cm³/mol. The van der Waals surface area contributed by atoms with Crippen molar-refractivity contribution in [2.24, 2.45) is 0 Å². The highest BCUT2D eigenvalue weighted by Crippen LogP contribution is 2.30. The summed E-state index contributed by atoms with van der Waals surface area (Å²) >= 11 is 0. The second-order valence-electron chi connectivity index (χ2n) is 4.76. The van der Waals surface area contributed by atoms with E-state index in [1.54, 1.807) is 23.1 Å². The van der Waals surface area contributed by atoms with Crippen LogP contribution in [0.1, 0.15) is 28.8 Å². The second kappa shape index (κ2) is 4.01. The summed E-state index contributed by atoms with van der Waals surface area (Å²) < 4.78 is 0. The second-order valence-corrected chi connectivity index (χ2v) is 4.76. The summed E-state index contributed by atoms with van der Waals surface area (Å²) in [5, 5.41) is 2.81. The molecule has 5 nitrogen and oxygen atoms in total. The first-order valence-corrected chi connectivity index (χ1v) is 6.14. The van der Waals surface area contributed by atoms with Gasteiger partial charge in [0.2, 0.25) is 5.91 Å². The highest BCUT2D eigenvalue weighted by molar-refractivity contribution is 6.02. The van der Waals surface area contributed by atoms with E-state index in [4.69, 9.17) is 5.73 Å². The largest absolute Gasteiger partial charge is 0.398 e. The molecule has 2 aliphatic heterocycles. The zero-order valence-corrected chi connectivity index (χ0v) is 9.98. The number of carbonyl (C=O) groups is 2. The molecule has 3 N–H and O–H groups in total. The van der Waals surface area contributed by atoms with Gasteiger partial charge in [-0.15, -0.1) is 0 Å². The average Bonchev–Trinajstić information content (AvgIpc) is 2.70. The minimum Gasteiger partial charge on any atom is -0.398 e. The Bertz CT molecular complexity index is 527. The molecule has 18 heavy (non-hydrogen) atoms. The fourth-order valence-corrected chi connectivity index (χ4v) is 2.68. The number of benzene rings is 1. The molecule has 0 bridgehead atoms. The number of nitrogens with one attached hydrogen (secondary N) is 1. The zero-order chi connectivity index (χ0) is 12.7. The Morgan fingerprint density at radius 3 is 2.89 bits per heavy atom. The number of fused-ring (bicyclic) bond motifs is 1. The van der Waals surface area contributed by atoms with Crippen molar-refractivity contribution in [1.82, 2.24) is 10.2 Å². The molecule has 0 radical (unpaired) electrons. The van der Waals surface area contributed by atoms with Gasteiger partial charge in [0.1, 0.15) is 6.04 Å². The van der Waals surface area contributed by atoms with Crippen LogP contribution in [-0.2, 0) is 11.3 Å². The molecule has 1 aromatic rings. The third-order valence-electron chi connectivity index (χ3n) is 3.66. The van der Waals surface area contributed by atoms with Crippen molar-refractivity contribution in [3.05, 3.63) is 29.3 Å². The van der Waals surface area contributed by atoms with Crippen molar-refractivity contribution < 1.29 is 9.59 Å². The van der Waals surface area contributed by atoms with Crippen LogP contribution in [0.2, 0.25) is 0 Å². The Hall–Kier alpha value is -2.04. The van der Waals surface area contributed by atoms with Crippen LogP contribution in [0.25, 0.3) is 0 Å². The normalized spacial score (nSPS) is 22.9. The van der Waals surface area contributed by atoms with E-state index in [2.05, 4.69) is 5.32 Å². The zero-order valence-electron chi connectivity index (χ0n) is 9.98. The van der Waals surface area contributed by atoms with E-state index in [1.807, 2.05) is 0 Å². The number of nitrogens with two attached hydrogens (primary N) is 1. The number of anilines is 1. The van der Waals surface area contributed by atoms with Crippen LogP contribution >= 0.6 is 0 Å². The molecular weight excluding hydrogens is 230 g/mol. The summed E-state index contributed by atoms with van der Waals surface area (Å²) in [5.74, 6) is -0.139. The first kappa shape index (κ1) is 11.1. The number of nitrogen functional groups attached to an aromatic ring is 1. The summed E-state index contributed by atoms with van der Waals surface area (Å²) in [6.07, 6.45) is 1.64. The maximum absolute atomic E-state index is 12.3. The lowest BCUT2D eigenvalue weighted by Gasteiger charge is -2.30. The summed E-state index contributed by atoms with van der Waals surface area (Å²) in [5.41, 5.74) is 7.99. The van der Waals surface area contributed by atoms with Gasteiger partial charge >= 0.3 is 0 Å². The van der Waals surface area contributed by atoms with Gasteiger partial charge in [-0.05, 0) is 25.0 Å². The molecule has 1 saturated heterocycles. The van der Waals surface area contributed by atoms with E-state index in [1.165, 1.54) is 0 Å². The van der Waals surface area contributed by atoms with Crippen LogP contribution in [0.3, 0.4) is 0 Å². The monoisotopic (exact) mass is 245 g/mol. The van der Waals surface area contributed by atoms with Gasteiger partial charge in [0.15, 0.2) is 0 Å². The molecule has 0 aliphatic carbocycles. The van der Waals surface area contributed by atoms with E-state index in [9.17, 15) is 9.59 Å². The third kappa shape index (κ3) is 1.54. The van der Waals surface area contributed by atoms with Crippen LogP contribution in [0.5, 0.6) is 0 Å². The number of amides is 2. The molecule has 94 valence electrons. The van der Waals surface area contributed by atoms with Gasteiger partial charge in [-0.25, -0.2) is 0 Å². The standard InChI is InChI=1S/C13H15N3O2/c14-10-4-1-3-8-9(10)7-16(13(8)18)11-5-2-6-15-12(11)17/h1,3-4,11H,2,5-7,14H2,(H,15,17). The summed E-state index contributed by atoms with van der Waals surface area (Å²) in [4.78, 5) is 25.7. The molecule has 3 rings (SSSR count). The van der Waals surface area contributed by atoms with Gasteiger partial charge in [0.25, 0.3) is 5.91 Å². The van der Waals surface area contributed by atoms with E-state index in [0.717, 1.165) is 18.4 Å². The third-order valence-corrected chi connectivity index (χ3v) is 3.66. The number of nitrogens with zero attached hydrogens (tertiary/aromatic N) is 1. The van der Waals surface area contributed by atoms with Crippen molar-refractivity contribution in [1.29, 1.82) is 0 Å².